The van der Waals surface area contributed by atoms with Gasteiger partial charge < -0.3 is 15.7 Å². The second-order valence-electron chi connectivity index (χ2n) is 6.89. The Morgan fingerprint density at radius 3 is 2.42 bits per heavy atom. The predicted octanol–water partition coefficient (Wildman–Crippen LogP) is 0.990. The normalized spacial score (nSPS) is 33.4. The van der Waals surface area contributed by atoms with E-state index in [1.165, 1.54) is 0 Å². The van der Waals surface area contributed by atoms with E-state index in [2.05, 4.69) is 10.6 Å². The van der Waals surface area contributed by atoms with Gasteiger partial charge in [-0.2, -0.15) is 0 Å². The number of fused-ring (bicyclic) bond motifs is 2. The van der Waals surface area contributed by atoms with Crippen LogP contribution >= 0.6 is 0 Å². The van der Waals surface area contributed by atoms with Gasteiger partial charge in [-0.3, -0.25) is 9.59 Å². The number of nitrogens with one attached hydrogen (secondary N) is 2. The molecule has 3 N–H and O–H groups in total. The molecule has 0 aromatic rings. The summed E-state index contributed by atoms with van der Waals surface area (Å²) in [6.07, 6.45) is 2.99. The molecular formula is C14H24N2O3. The molecule has 0 heterocycles. The predicted molar refractivity (Wildman–Crippen MR) is 71.6 cm³/mol. The summed E-state index contributed by atoms with van der Waals surface area (Å²) in [6.45, 7) is 6.23. The lowest BCUT2D eigenvalue weighted by Gasteiger charge is -2.29. The van der Waals surface area contributed by atoms with E-state index in [1.54, 1.807) is 0 Å². The van der Waals surface area contributed by atoms with Crippen LogP contribution < -0.4 is 10.6 Å². The molecule has 0 aliphatic heterocycles. The maximum atomic E-state index is 11.9. The average molecular weight is 268 g/mol. The number of aliphatic carboxylic acids is 1. The first-order valence-electron chi connectivity index (χ1n) is 7.05. The van der Waals surface area contributed by atoms with Crippen LogP contribution in [0.4, 0.5) is 0 Å². The molecule has 0 radical (unpaired) electrons. The minimum Gasteiger partial charge on any atom is -0.481 e. The average Bonchev–Trinajstić information content (AvgIpc) is 2.85. The van der Waals surface area contributed by atoms with Gasteiger partial charge in [0.25, 0.3) is 0 Å². The zero-order chi connectivity index (χ0) is 14.2. The van der Waals surface area contributed by atoms with Crippen molar-refractivity contribution in [2.45, 2.75) is 51.6 Å². The maximum Gasteiger partial charge on any atom is 0.308 e. The summed E-state index contributed by atoms with van der Waals surface area (Å²) in [6, 6.07) is -0.175. The number of carbonyl (C=O) groups excluding carboxylic acids is 1. The number of carboxylic acids is 1. The van der Waals surface area contributed by atoms with Gasteiger partial charge >= 0.3 is 5.97 Å². The Hall–Kier alpha value is -1.10. The van der Waals surface area contributed by atoms with Gasteiger partial charge in [0, 0.05) is 11.6 Å². The smallest absolute Gasteiger partial charge is 0.308 e. The van der Waals surface area contributed by atoms with E-state index in [-0.39, 0.29) is 30.0 Å². The van der Waals surface area contributed by atoms with Crippen molar-refractivity contribution < 1.29 is 14.7 Å². The third kappa shape index (κ3) is 3.26. The van der Waals surface area contributed by atoms with Crippen LogP contribution in [0.25, 0.3) is 0 Å². The minimum atomic E-state index is -0.763. The number of amides is 1. The Kier molecular flexibility index (Phi) is 3.85. The van der Waals surface area contributed by atoms with Crippen LogP contribution in [0.3, 0.4) is 0 Å². The lowest BCUT2D eigenvalue weighted by atomic mass is 9.84. The lowest BCUT2D eigenvalue weighted by Crippen LogP contribution is -2.51. The molecule has 1 amide bonds. The molecule has 2 rings (SSSR count). The molecule has 108 valence electrons. The standard InChI is InChI=1S/C14H24N2O3/c1-14(2,3)15-7-10(17)16-12-9-5-4-8(6-9)11(12)13(18)19/h8-9,11-12,15H,4-7H2,1-3H3,(H,16,17)(H,18,19). The molecule has 2 saturated carbocycles. The second kappa shape index (κ2) is 5.12. The monoisotopic (exact) mass is 268 g/mol. The van der Waals surface area contributed by atoms with Gasteiger partial charge in [-0.05, 0) is 51.9 Å². The summed E-state index contributed by atoms with van der Waals surface area (Å²) < 4.78 is 0. The molecule has 4 unspecified atom stereocenters. The van der Waals surface area contributed by atoms with Crippen LogP contribution in [0.15, 0.2) is 0 Å². The Balaban J connectivity index is 1.91. The van der Waals surface area contributed by atoms with Crippen molar-refractivity contribution in [3.63, 3.8) is 0 Å². The van der Waals surface area contributed by atoms with Gasteiger partial charge in [0.05, 0.1) is 12.5 Å². The highest BCUT2D eigenvalue weighted by Crippen LogP contribution is 2.48. The van der Waals surface area contributed by atoms with Crippen LogP contribution in [0, 0.1) is 17.8 Å². The summed E-state index contributed by atoms with van der Waals surface area (Å²) in [5.41, 5.74) is -0.113. The van der Waals surface area contributed by atoms with Crippen molar-refractivity contribution in [3.8, 4) is 0 Å². The SMILES string of the molecule is CC(C)(C)NCC(=O)NC1C2CCC(C2)C1C(=O)O. The zero-order valence-electron chi connectivity index (χ0n) is 11.9. The maximum absolute atomic E-state index is 11.9. The number of carboxylic acid groups (broad SMARTS) is 1. The molecular weight excluding hydrogens is 244 g/mol. The molecule has 0 spiro atoms. The molecule has 4 atom stereocenters. The van der Waals surface area contributed by atoms with E-state index >= 15 is 0 Å². The fraction of sp³-hybridized carbons (Fsp3) is 0.857. The Labute approximate surface area is 114 Å². The summed E-state index contributed by atoms with van der Waals surface area (Å²) in [5.74, 6) is -0.648. The van der Waals surface area contributed by atoms with Gasteiger partial charge in [-0.25, -0.2) is 0 Å². The molecule has 0 saturated heterocycles. The van der Waals surface area contributed by atoms with E-state index < -0.39 is 11.9 Å². The van der Waals surface area contributed by atoms with E-state index in [1.807, 2.05) is 20.8 Å². The van der Waals surface area contributed by atoms with E-state index in [0.717, 1.165) is 19.3 Å². The largest absolute Gasteiger partial charge is 0.481 e. The van der Waals surface area contributed by atoms with Gasteiger partial charge in [-0.15, -0.1) is 0 Å². The van der Waals surface area contributed by atoms with Gasteiger partial charge in [-0.1, -0.05) is 0 Å². The molecule has 0 aromatic heterocycles. The summed E-state index contributed by atoms with van der Waals surface area (Å²) >= 11 is 0. The number of hydrogen-bond acceptors (Lipinski definition) is 3. The van der Waals surface area contributed by atoms with Crippen molar-refractivity contribution in [3.05, 3.63) is 0 Å². The van der Waals surface area contributed by atoms with Crippen molar-refractivity contribution in [1.82, 2.24) is 10.6 Å². The molecule has 2 aliphatic carbocycles. The Morgan fingerprint density at radius 1 is 1.21 bits per heavy atom. The van der Waals surface area contributed by atoms with Crippen molar-refractivity contribution >= 4 is 11.9 Å². The van der Waals surface area contributed by atoms with E-state index in [4.69, 9.17) is 0 Å². The van der Waals surface area contributed by atoms with Crippen LogP contribution in [-0.2, 0) is 9.59 Å². The highest BCUT2D eigenvalue weighted by Gasteiger charge is 2.51. The third-order valence-electron chi connectivity index (χ3n) is 4.31. The summed E-state index contributed by atoms with van der Waals surface area (Å²) in [4.78, 5) is 23.3. The summed E-state index contributed by atoms with van der Waals surface area (Å²) in [5, 5.41) is 15.4. The number of carbonyl (C=O) groups is 2. The molecule has 2 bridgehead atoms. The van der Waals surface area contributed by atoms with Crippen molar-refractivity contribution in [2.24, 2.45) is 17.8 Å². The van der Waals surface area contributed by atoms with Gasteiger partial charge in [0.2, 0.25) is 5.91 Å². The second-order valence-corrected chi connectivity index (χ2v) is 6.89. The number of rotatable bonds is 4. The quantitative estimate of drug-likeness (QED) is 0.710. The van der Waals surface area contributed by atoms with Crippen LogP contribution in [0.5, 0.6) is 0 Å². The Bertz CT molecular complexity index is 375. The van der Waals surface area contributed by atoms with E-state index in [0.29, 0.717) is 5.92 Å². The van der Waals surface area contributed by atoms with E-state index in [9.17, 15) is 14.7 Å². The van der Waals surface area contributed by atoms with Crippen LogP contribution in [0.2, 0.25) is 0 Å². The molecule has 2 aliphatic rings. The topological polar surface area (TPSA) is 78.4 Å². The fourth-order valence-electron chi connectivity index (χ4n) is 3.44. The molecule has 5 nitrogen and oxygen atoms in total. The lowest BCUT2D eigenvalue weighted by molar-refractivity contribution is -0.144. The van der Waals surface area contributed by atoms with Gasteiger partial charge in [0.15, 0.2) is 0 Å². The zero-order valence-corrected chi connectivity index (χ0v) is 11.9. The molecule has 0 aromatic carbocycles. The molecule has 2 fully saturated rings. The van der Waals surface area contributed by atoms with Crippen molar-refractivity contribution in [1.29, 1.82) is 0 Å². The molecule has 19 heavy (non-hydrogen) atoms. The number of hydrogen-bond donors (Lipinski definition) is 3. The van der Waals surface area contributed by atoms with Gasteiger partial charge in [0.1, 0.15) is 0 Å². The Morgan fingerprint density at radius 2 is 1.84 bits per heavy atom. The fourth-order valence-corrected chi connectivity index (χ4v) is 3.44. The first-order valence-corrected chi connectivity index (χ1v) is 7.05. The van der Waals surface area contributed by atoms with Crippen molar-refractivity contribution in [2.75, 3.05) is 6.54 Å². The highest BCUT2D eigenvalue weighted by molar-refractivity contribution is 5.80. The first-order chi connectivity index (χ1) is 8.78. The van der Waals surface area contributed by atoms with Crippen LogP contribution in [0.1, 0.15) is 40.0 Å². The van der Waals surface area contributed by atoms with Crippen LogP contribution in [-0.4, -0.2) is 35.1 Å². The first kappa shape index (κ1) is 14.3. The minimum absolute atomic E-state index is 0.0984. The summed E-state index contributed by atoms with van der Waals surface area (Å²) in [7, 11) is 0. The molecule has 5 heteroatoms. The highest BCUT2D eigenvalue weighted by atomic mass is 16.4. The third-order valence-corrected chi connectivity index (χ3v) is 4.31.